The predicted molar refractivity (Wildman–Crippen MR) is 108 cm³/mol. The number of hydrogen-bond donors (Lipinski definition) is 4. The number of aliphatic hydroxyl groups is 1. The lowest BCUT2D eigenvalue weighted by Gasteiger charge is -2.34. The van der Waals surface area contributed by atoms with E-state index >= 15 is 0 Å². The summed E-state index contributed by atoms with van der Waals surface area (Å²) in [4.78, 5) is 11.6. The van der Waals surface area contributed by atoms with E-state index in [-0.39, 0.29) is 12.1 Å². The van der Waals surface area contributed by atoms with Crippen molar-refractivity contribution >= 4 is 5.82 Å². The van der Waals surface area contributed by atoms with Crippen LogP contribution in [0.15, 0.2) is 42.7 Å². The molecule has 0 aromatic carbocycles. The van der Waals surface area contributed by atoms with Gasteiger partial charge in [0.05, 0.1) is 17.8 Å². The average molecular weight is 380 g/mol. The Balaban J connectivity index is 1.34. The monoisotopic (exact) mass is 380 g/mol. The second-order valence-corrected chi connectivity index (χ2v) is 8.16. The molecule has 0 aliphatic carbocycles. The molecule has 0 spiro atoms. The molecule has 4 N–H and O–H groups in total. The molecule has 7 nitrogen and oxygen atoms in total. The fraction of sp³-hybridized carbons (Fsp3) is 0.524. The molecule has 0 amide bonds. The highest BCUT2D eigenvalue weighted by Gasteiger charge is 2.42. The van der Waals surface area contributed by atoms with Crippen molar-refractivity contribution in [3.8, 4) is 0 Å². The molecule has 3 saturated heterocycles. The Kier molecular flexibility index (Phi) is 4.98. The SMILES string of the molecule is OC1CCN(c2cccc(C3NNC4CNC(c5cccnc5)CC43)n2)CC1. The van der Waals surface area contributed by atoms with Crippen molar-refractivity contribution in [1.82, 2.24) is 26.1 Å². The summed E-state index contributed by atoms with van der Waals surface area (Å²) < 4.78 is 0. The summed E-state index contributed by atoms with van der Waals surface area (Å²) in [6, 6.07) is 11.4. The highest BCUT2D eigenvalue weighted by atomic mass is 16.3. The van der Waals surface area contributed by atoms with Crippen LogP contribution in [0.1, 0.15) is 42.6 Å². The Hall–Kier alpha value is -2.06. The van der Waals surface area contributed by atoms with E-state index in [4.69, 9.17) is 4.98 Å². The molecule has 2 aromatic rings. The van der Waals surface area contributed by atoms with E-state index in [1.165, 1.54) is 5.56 Å². The first-order valence-electron chi connectivity index (χ1n) is 10.3. The number of pyridine rings is 2. The summed E-state index contributed by atoms with van der Waals surface area (Å²) in [5.74, 6) is 1.49. The Morgan fingerprint density at radius 3 is 2.79 bits per heavy atom. The zero-order valence-corrected chi connectivity index (χ0v) is 16.0. The Morgan fingerprint density at radius 1 is 1.07 bits per heavy atom. The molecule has 0 saturated carbocycles. The molecule has 148 valence electrons. The predicted octanol–water partition coefficient (Wildman–Crippen LogP) is 1.31. The maximum absolute atomic E-state index is 9.77. The number of aromatic nitrogens is 2. The first-order valence-corrected chi connectivity index (χ1v) is 10.3. The van der Waals surface area contributed by atoms with E-state index in [0.717, 1.165) is 50.4 Å². The summed E-state index contributed by atoms with van der Waals surface area (Å²) in [5.41, 5.74) is 9.31. The van der Waals surface area contributed by atoms with Gasteiger partial charge < -0.3 is 15.3 Å². The van der Waals surface area contributed by atoms with Gasteiger partial charge in [0.15, 0.2) is 0 Å². The molecule has 3 aliphatic heterocycles. The minimum atomic E-state index is -0.167. The summed E-state index contributed by atoms with van der Waals surface area (Å²) >= 11 is 0. The summed E-state index contributed by atoms with van der Waals surface area (Å²) in [6.45, 7) is 2.66. The number of nitrogens with one attached hydrogen (secondary N) is 3. The molecule has 3 aliphatic rings. The number of fused-ring (bicyclic) bond motifs is 1. The van der Waals surface area contributed by atoms with Crippen molar-refractivity contribution in [2.45, 2.75) is 43.5 Å². The van der Waals surface area contributed by atoms with Gasteiger partial charge in [0.25, 0.3) is 0 Å². The van der Waals surface area contributed by atoms with Crippen LogP contribution in [0.25, 0.3) is 0 Å². The van der Waals surface area contributed by atoms with Gasteiger partial charge in [0, 0.05) is 50.0 Å². The molecular weight excluding hydrogens is 352 g/mol. The number of anilines is 1. The molecule has 3 fully saturated rings. The first-order chi connectivity index (χ1) is 13.8. The number of aliphatic hydroxyl groups excluding tert-OH is 1. The van der Waals surface area contributed by atoms with Crippen molar-refractivity contribution in [3.63, 3.8) is 0 Å². The number of nitrogens with zero attached hydrogens (tertiary/aromatic N) is 3. The van der Waals surface area contributed by atoms with Crippen LogP contribution in [0, 0.1) is 5.92 Å². The van der Waals surface area contributed by atoms with Gasteiger partial charge in [0.1, 0.15) is 5.82 Å². The van der Waals surface area contributed by atoms with Gasteiger partial charge in [-0.05, 0) is 43.0 Å². The minimum Gasteiger partial charge on any atom is -0.393 e. The van der Waals surface area contributed by atoms with E-state index in [9.17, 15) is 5.11 Å². The van der Waals surface area contributed by atoms with Crippen LogP contribution in [0.2, 0.25) is 0 Å². The molecule has 5 heterocycles. The van der Waals surface area contributed by atoms with Crippen molar-refractivity contribution in [2.24, 2.45) is 5.92 Å². The Morgan fingerprint density at radius 2 is 1.96 bits per heavy atom. The lowest BCUT2D eigenvalue weighted by molar-refractivity contribution is 0.145. The molecule has 28 heavy (non-hydrogen) atoms. The van der Waals surface area contributed by atoms with E-state index in [1.807, 2.05) is 18.5 Å². The van der Waals surface area contributed by atoms with E-state index in [0.29, 0.717) is 18.0 Å². The smallest absolute Gasteiger partial charge is 0.128 e. The van der Waals surface area contributed by atoms with Gasteiger partial charge in [-0.3, -0.25) is 10.4 Å². The molecule has 4 atom stereocenters. The van der Waals surface area contributed by atoms with Crippen LogP contribution >= 0.6 is 0 Å². The van der Waals surface area contributed by atoms with E-state index in [1.54, 1.807) is 0 Å². The highest BCUT2D eigenvalue weighted by Crippen LogP contribution is 2.38. The fourth-order valence-electron chi connectivity index (χ4n) is 4.78. The summed E-state index contributed by atoms with van der Waals surface area (Å²) in [7, 11) is 0. The molecule has 4 unspecified atom stereocenters. The molecule has 0 radical (unpaired) electrons. The number of rotatable bonds is 3. The molecule has 7 heteroatoms. The molecule has 2 aromatic heterocycles. The largest absolute Gasteiger partial charge is 0.393 e. The minimum absolute atomic E-state index is 0.167. The average Bonchev–Trinajstić information content (AvgIpc) is 3.18. The van der Waals surface area contributed by atoms with Crippen LogP contribution in [0.4, 0.5) is 5.82 Å². The van der Waals surface area contributed by atoms with E-state index < -0.39 is 0 Å². The van der Waals surface area contributed by atoms with Crippen LogP contribution in [-0.4, -0.2) is 46.9 Å². The normalized spacial score (nSPS) is 31.0. The molecule has 5 rings (SSSR count). The third-order valence-electron chi connectivity index (χ3n) is 6.41. The molecule has 0 bridgehead atoms. The van der Waals surface area contributed by atoms with Gasteiger partial charge in [-0.15, -0.1) is 0 Å². The van der Waals surface area contributed by atoms with Crippen molar-refractivity contribution < 1.29 is 5.11 Å². The summed E-state index contributed by atoms with van der Waals surface area (Å²) in [6.07, 6.45) is 6.30. The second kappa shape index (κ2) is 7.75. The van der Waals surface area contributed by atoms with Crippen molar-refractivity contribution in [2.75, 3.05) is 24.5 Å². The first kappa shape index (κ1) is 18.0. The van der Waals surface area contributed by atoms with Gasteiger partial charge in [-0.2, -0.15) is 0 Å². The van der Waals surface area contributed by atoms with Gasteiger partial charge in [-0.1, -0.05) is 12.1 Å². The number of hydrazine groups is 1. The Labute approximate surface area is 165 Å². The number of piperidine rings is 2. The van der Waals surface area contributed by atoms with Crippen molar-refractivity contribution in [1.29, 1.82) is 0 Å². The maximum Gasteiger partial charge on any atom is 0.128 e. The third kappa shape index (κ3) is 3.51. The maximum atomic E-state index is 9.77. The lowest BCUT2D eigenvalue weighted by atomic mass is 9.81. The second-order valence-electron chi connectivity index (χ2n) is 8.16. The standard InChI is InChI=1S/C21H28N6O/c28-15-6-9-27(10-7-15)20-5-1-4-17(24-20)21-16-11-18(14-3-2-8-22-12-14)23-13-19(16)25-26-21/h1-5,8,12,15-16,18-19,21,23,25-26,28H,6-7,9-11,13H2. The Bertz CT molecular complexity index is 794. The fourth-order valence-corrected chi connectivity index (χ4v) is 4.78. The van der Waals surface area contributed by atoms with E-state index in [2.05, 4.69) is 50.3 Å². The molecular formula is C21H28N6O. The van der Waals surface area contributed by atoms with Gasteiger partial charge in [0.2, 0.25) is 0 Å². The summed E-state index contributed by atoms with van der Waals surface area (Å²) in [5, 5.41) is 13.4. The van der Waals surface area contributed by atoms with Gasteiger partial charge >= 0.3 is 0 Å². The number of hydrogen-bond acceptors (Lipinski definition) is 7. The van der Waals surface area contributed by atoms with Crippen molar-refractivity contribution in [3.05, 3.63) is 54.0 Å². The third-order valence-corrected chi connectivity index (χ3v) is 6.41. The van der Waals surface area contributed by atoms with Crippen LogP contribution in [0.5, 0.6) is 0 Å². The van der Waals surface area contributed by atoms with Crippen LogP contribution in [0.3, 0.4) is 0 Å². The van der Waals surface area contributed by atoms with Gasteiger partial charge in [-0.25, -0.2) is 10.4 Å². The lowest BCUT2D eigenvalue weighted by Crippen LogP contribution is -2.46. The van der Waals surface area contributed by atoms with Crippen LogP contribution in [-0.2, 0) is 0 Å². The zero-order chi connectivity index (χ0) is 18.9. The zero-order valence-electron chi connectivity index (χ0n) is 16.0. The quantitative estimate of drug-likeness (QED) is 0.639. The highest BCUT2D eigenvalue weighted by molar-refractivity contribution is 5.40. The topological polar surface area (TPSA) is 85.3 Å². The van der Waals surface area contributed by atoms with Crippen LogP contribution < -0.4 is 21.1 Å².